The molecule has 3 rings (SSSR count). The number of rotatable bonds is 7. The zero-order valence-corrected chi connectivity index (χ0v) is 18.8. The number of alkyl halides is 3. The Morgan fingerprint density at radius 1 is 1.11 bits per heavy atom. The van der Waals surface area contributed by atoms with E-state index in [1.54, 1.807) is 12.1 Å². The lowest BCUT2D eigenvalue weighted by atomic mass is 10.1. The predicted molar refractivity (Wildman–Crippen MR) is 121 cm³/mol. The molecule has 0 atom stereocenters. The number of hydrogen-bond acceptors (Lipinski definition) is 6. The van der Waals surface area contributed by atoms with Gasteiger partial charge in [-0.15, -0.1) is 0 Å². The van der Waals surface area contributed by atoms with Gasteiger partial charge in [0, 0.05) is 29.8 Å². The van der Waals surface area contributed by atoms with Gasteiger partial charge < -0.3 is 15.2 Å². The zero-order chi connectivity index (χ0) is 25.8. The first kappa shape index (κ1) is 25.6. The van der Waals surface area contributed by atoms with Crippen molar-refractivity contribution in [1.82, 2.24) is 9.55 Å². The van der Waals surface area contributed by atoms with E-state index in [1.807, 2.05) is 0 Å². The minimum absolute atomic E-state index is 0.0145. The first-order valence-corrected chi connectivity index (χ1v) is 10.4. The summed E-state index contributed by atoms with van der Waals surface area (Å²) >= 11 is 0. The molecule has 3 aromatic rings. The van der Waals surface area contributed by atoms with E-state index in [-0.39, 0.29) is 46.9 Å². The van der Waals surface area contributed by atoms with Crippen LogP contribution in [0.1, 0.15) is 27.2 Å². The molecule has 1 heterocycles. The smallest absolute Gasteiger partial charge is 0.416 e. The summed E-state index contributed by atoms with van der Waals surface area (Å²) in [7, 11) is 1.19. The van der Waals surface area contributed by atoms with Crippen LogP contribution in [0.3, 0.4) is 0 Å². The maximum absolute atomic E-state index is 13.2. The first-order valence-electron chi connectivity index (χ1n) is 10.4. The van der Waals surface area contributed by atoms with Crippen LogP contribution >= 0.6 is 0 Å². The van der Waals surface area contributed by atoms with Crippen LogP contribution in [-0.4, -0.2) is 40.3 Å². The molecule has 1 amide bonds. The number of aliphatic hydroxyl groups is 1. The van der Waals surface area contributed by atoms with Crippen LogP contribution in [0.5, 0.6) is 0 Å². The molecule has 0 fully saturated rings. The number of aliphatic hydroxyl groups excluding tert-OH is 1. The number of carbonyl (C=O) groups excluding carboxylic acids is 2. The van der Waals surface area contributed by atoms with Gasteiger partial charge in [-0.2, -0.15) is 13.2 Å². The number of halogens is 3. The van der Waals surface area contributed by atoms with Gasteiger partial charge in [-0.3, -0.25) is 14.2 Å². The van der Waals surface area contributed by atoms with Crippen molar-refractivity contribution in [3.05, 3.63) is 81.3 Å². The Balaban J connectivity index is 2.04. The molecule has 35 heavy (non-hydrogen) atoms. The molecule has 0 aliphatic rings. The highest BCUT2D eigenvalue weighted by Gasteiger charge is 2.30. The molecule has 2 N–H and O–H groups in total. The summed E-state index contributed by atoms with van der Waals surface area (Å²) in [5, 5.41) is 11.9. The number of carbonyl (C=O) groups is 2. The van der Waals surface area contributed by atoms with E-state index < -0.39 is 35.7 Å². The first-order chi connectivity index (χ1) is 16.6. The van der Waals surface area contributed by atoms with E-state index in [9.17, 15) is 32.7 Å². The molecule has 0 unspecified atom stereocenters. The van der Waals surface area contributed by atoms with Crippen LogP contribution in [-0.2, 0) is 28.7 Å². The number of benzene rings is 2. The number of hydrogen-bond donors (Lipinski definition) is 2. The molecular formula is C24H22F3N3O5. The van der Waals surface area contributed by atoms with Crippen molar-refractivity contribution in [1.29, 1.82) is 0 Å². The van der Waals surface area contributed by atoms with E-state index >= 15 is 0 Å². The third-order valence-corrected chi connectivity index (χ3v) is 5.21. The van der Waals surface area contributed by atoms with Crippen molar-refractivity contribution >= 4 is 17.6 Å². The molecule has 2 aromatic carbocycles. The molecule has 11 heteroatoms. The number of nitrogens with zero attached hydrogens (tertiary/aromatic N) is 2. The fraction of sp³-hybridized carbons (Fsp3) is 0.250. The molecule has 0 aliphatic heterocycles. The van der Waals surface area contributed by atoms with Gasteiger partial charge in [0.2, 0.25) is 5.91 Å². The van der Waals surface area contributed by atoms with Gasteiger partial charge in [-0.1, -0.05) is 24.3 Å². The van der Waals surface area contributed by atoms with Crippen molar-refractivity contribution < 1.29 is 32.6 Å². The molecule has 0 aliphatic carbocycles. The average molecular weight is 489 g/mol. The van der Waals surface area contributed by atoms with Gasteiger partial charge in [-0.05, 0) is 31.2 Å². The Labute approximate surface area is 198 Å². The van der Waals surface area contributed by atoms with Crippen molar-refractivity contribution in [3.8, 4) is 11.4 Å². The fourth-order valence-corrected chi connectivity index (χ4v) is 3.49. The van der Waals surface area contributed by atoms with E-state index in [1.165, 1.54) is 26.2 Å². The predicted octanol–water partition coefficient (Wildman–Crippen LogP) is 3.20. The highest BCUT2D eigenvalue weighted by atomic mass is 19.4. The van der Waals surface area contributed by atoms with E-state index in [4.69, 9.17) is 4.74 Å². The van der Waals surface area contributed by atoms with Crippen LogP contribution in [0.15, 0.2) is 53.3 Å². The van der Waals surface area contributed by atoms with Crippen LogP contribution in [0.25, 0.3) is 11.4 Å². The zero-order valence-electron chi connectivity index (χ0n) is 18.8. The summed E-state index contributed by atoms with van der Waals surface area (Å²) in [4.78, 5) is 42.4. The standard InChI is InChI=1S/C24H22F3N3O5/c1-14-17(11-12-31)22(33)30(21(28-14)15-7-9-16(10-8-15)24(25,26)27)13-20(32)29-19-6-4-3-5-18(19)23(34)35-2/h3-10,31H,11-13H2,1-2H3,(H,29,32). The van der Waals surface area contributed by atoms with Crippen molar-refractivity contribution in [3.63, 3.8) is 0 Å². The molecule has 0 saturated heterocycles. The van der Waals surface area contributed by atoms with Gasteiger partial charge in [0.05, 0.1) is 23.9 Å². The Hall–Kier alpha value is -3.99. The number of aromatic nitrogens is 2. The summed E-state index contributed by atoms with van der Waals surface area (Å²) < 4.78 is 44.7. The lowest BCUT2D eigenvalue weighted by Gasteiger charge is -2.17. The third-order valence-electron chi connectivity index (χ3n) is 5.21. The molecule has 1 aromatic heterocycles. The molecule has 0 spiro atoms. The Kier molecular flexibility index (Phi) is 7.70. The third kappa shape index (κ3) is 5.75. The van der Waals surface area contributed by atoms with Crippen LogP contribution < -0.4 is 10.9 Å². The van der Waals surface area contributed by atoms with Gasteiger partial charge in [0.1, 0.15) is 12.4 Å². The average Bonchev–Trinajstić information content (AvgIpc) is 2.82. The number of anilines is 1. The highest BCUT2D eigenvalue weighted by molar-refractivity contribution is 6.01. The number of ether oxygens (including phenoxy) is 1. The minimum Gasteiger partial charge on any atom is -0.465 e. The summed E-state index contributed by atoms with van der Waals surface area (Å²) in [6.45, 7) is 0.656. The topological polar surface area (TPSA) is 111 Å². The van der Waals surface area contributed by atoms with E-state index in [0.29, 0.717) is 0 Å². The number of esters is 1. The van der Waals surface area contributed by atoms with Crippen LogP contribution in [0.2, 0.25) is 0 Å². The monoisotopic (exact) mass is 489 g/mol. The second kappa shape index (κ2) is 10.5. The molecule has 0 saturated carbocycles. The van der Waals surface area contributed by atoms with Crippen molar-refractivity contribution in [2.75, 3.05) is 19.0 Å². The second-order valence-electron chi connectivity index (χ2n) is 7.52. The SMILES string of the molecule is COC(=O)c1ccccc1NC(=O)Cn1c(-c2ccc(C(F)(F)F)cc2)nc(C)c(CCO)c1=O. The summed E-state index contributed by atoms with van der Waals surface area (Å²) in [5.41, 5.74) is -0.585. The molecule has 0 radical (unpaired) electrons. The summed E-state index contributed by atoms with van der Waals surface area (Å²) in [6, 6.07) is 10.1. The second-order valence-corrected chi connectivity index (χ2v) is 7.52. The maximum Gasteiger partial charge on any atom is 0.416 e. The van der Waals surface area contributed by atoms with E-state index in [0.717, 1.165) is 28.8 Å². The number of amides is 1. The van der Waals surface area contributed by atoms with Gasteiger partial charge in [0.15, 0.2) is 0 Å². The summed E-state index contributed by atoms with van der Waals surface area (Å²) in [5.74, 6) is -1.37. The van der Waals surface area contributed by atoms with E-state index in [2.05, 4.69) is 10.3 Å². The molecule has 0 bridgehead atoms. The Morgan fingerprint density at radius 2 is 1.77 bits per heavy atom. The normalized spacial score (nSPS) is 11.3. The number of para-hydroxylation sites is 1. The largest absolute Gasteiger partial charge is 0.465 e. The number of aryl methyl sites for hydroxylation is 1. The maximum atomic E-state index is 13.2. The van der Waals surface area contributed by atoms with Gasteiger partial charge >= 0.3 is 12.1 Å². The summed E-state index contributed by atoms with van der Waals surface area (Å²) in [6.07, 6.45) is -4.56. The Morgan fingerprint density at radius 3 is 2.37 bits per heavy atom. The number of nitrogens with one attached hydrogen (secondary N) is 1. The van der Waals surface area contributed by atoms with Crippen molar-refractivity contribution in [2.24, 2.45) is 0 Å². The lowest BCUT2D eigenvalue weighted by Crippen LogP contribution is -2.33. The highest BCUT2D eigenvalue weighted by Crippen LogP contribution is 2.30. The molecular weight excluding hydrogens is 467 g/mol. The van der Waals surface area contributed by atoms with Gasteiger partial charge in [-0.25, -0.2) is 9.78 Å². The quantitative estimate of drug-likeness (QED) is 0.494. The van der Waals surface area contributed by atoms with Gasteiger partial charge in [0.25, 0.3) is 5.56 Å². The van der Waals surface area contributed by atoms with Crippen molar-refractivity contribution in [2.45, 2.75) is 26.1 Å². The molecule has 184 valence electrons. The minimum atomic E-state index is -4.54. The van der Waals surface area contributed by atoms with Crippen LogP contribution in [0, 0.1) is 6.92 Å². The number of methoxy groups -OCH3 is 1. The lowest BCUT2D eigenvalue weighted by molar-refractivity contribution is -0.137. The van der Waals surface area contributed by atoms with Crippen LogP contribution in [0.4, 0.5) is 18.9 Å². The fourth-order valence-electron chi connectivity index (χ4n) is 3.49. The Bertz CT molecular complexity index is 1300. The molecule has 8 nitrogen and oxygen atoms in total.